The number of carbonyl (C=O) groups is 2. The van der Waals surface area contributed by atoms with E-state index in [2.05, 4.69) is 4.90 Å². The third-order valence-corrected chi connectivity index (χ3v) is 5.02. The average Bonchev–Trinajstić information content (AvgIpc) is 3.22. The van der Waals surface area contributed by atoms with E-state index in [4.69, 9.17) is 0 Å². The number of rotatable bonds is 5. The molecule has 2 fully saturated rings. The Labute approximate surface area is 158 Å². The Hall–Kier alpha value is -2.74. The maximum absolute atomic E-state index is 12.3. The number of non-ortho nitro benzene ring substituents is 1. The molecule has 0 N–H and O–H groups in total. The minimum Gasteiger partial charge on any atom is -0.342 e. The van der Waals surface area contributed by atoms with Crippen LogP contribution in [0.2, 0.25) is 0 Å². The zero-order valence-corrected chi connectivity index (χ0v) is 15.2. The van der Waals surface area contributed by atoms with Crippen LogP contribution in [0.4, 0.5) is 5.69 Å². The third-order valence-electron chi connectivity index (χ3n) is 5.02. The van der Waals surface area contributed by atoms with Gasteiger partial charge in [0.05, 0.1) is 11.5 Å². The lowest BCUT2D eigenvalue weighted by atomic mass is 10.2. The number of hydrogen-bond donors (Lipinski definition) is 0. The van der Waals surface area contributed by atoms with E-state index in [9.17, 15) is 19.7 Å². The Morgan fingerprint density at radius 2 is 1.59 bits per heavy atom. The van der Waals surface area contributed by atoms with E-state index in [1.165, 1.54) is 18.2 Å². The monoisotopic (exact) mass is 372 g/mol. The van der Waals surface area contributed by atoms with Gasteiger partial charge in [-0.25, -0.2) is 0 Å². The molecule has 8 heteroatoms. The van der Waals surface area contributed by atoms with Crippen molar-refractivity contribution in [2.75, 3.05) is 45.8 Å². The van der Waals surface area contributed by atoms with Crippen LogP contribution in [-0.4, -0.2) is 77.3 Å². The Kier molecular flexibility index (Phi) is 6.18. The fraction of sp³-hybridized carbons (Fsp3) is 0.474. The molecule has 27 heavy (non-hydrogen) atoms. The second-order valence-electron chi connectivity index (χ2n) is 6.87. The molecule has 2 heterocycles. The number of amides is 2. The van der Waals surface area contributed by atoms with Crippen LogP contribution in [0.1, 0.15) is 18.4 Å². The predicted molar refractivity (Wildman–Crippen MR) is 101 cm³/mol. The molecule has 0 unspecified atom stereocenters. The van der Waals surface area contributed by atoms with Crippen molar-refractivity contribution in [3.05, 3.63) is 46.0 Å². The molecule has 0 atom stereocenters. The van der Waals surface area contributed by atoms with Gasteiger partial charge in [0.15, 0.2) is 0 Å². The van der Waals surface area contributed by atoms with Gasteiger partial charge < -0.3 is 9.80 Å². The van der Waals surface area contributed by atoms with Gasteiger partial charge in [0.1, 0.15) is 0 Å². The Morgan fingerprint density at radius 1 is 0.963 bits per heavy atom. The van der Waals surface area contributed by atoms with E-state index in [-0.39, 0.29) is 17.5 Å². The molecular formula is C19H24N4O4. The van der Waals surface area contributed by atoms with E-state index in [1.807, 2.05) is 4.90 Å². The Bertz CT molecular complexity index is 718. The lowest BCUT2D eigenvalue weighted by Gasteiger charge is -2.34. The molecule has 1 aromatic rings. The molecular weight excluding hydrogens is 348 g/mol. The maximum atomic E-state index is 12.3. The first kappa shape index (κ1) is 19.0. The summed E-state index contributed by atoms with van der Waals surface area (Å²) in [5.74, 6) is 0.101. The predicted octanol–water partition coefficient (Wildman–Crippen LogP) is 1.37. The van der Waals surface area contributed by atoms with E-state index < -0.39 is 4.92 Å². The summed E-state index contributed by atoms with van der Waals surface area (Å²) in [5.41, 5.74) is 0.766. The van der Waals surface area contributed by atoms with Crippen molar-refractivity contribution in [3.8, 4) is 0 Å². The number of nitro groups is 1. The van der Waals surface area contributed by atoms with E-state index >= 15 is 0 Å². The number of carbonyl (C=O) groups excluding carboxylic acids is 2. The van der Waals surface area contributed by atoms with Gasteiger partial charge >= 0.3 is 0 Å². The minimum atomic E-state index is -0.452. The molecule has 2 aliphatic heterocycles. The first-order chi connectivity index (χ1) is 13.0. The molecule has 2 saturated heterocycles. The molecule has 1 aromatic carbocycles. The molecule has 0 bridgehead atoms. The summed E-state index contributed by atoms with van der Waals surface area (Å²) in [6.07, 6.45) is 5.34. The molecule has 2 aliphatic rings. The fourth-order valence-corrected chi connectivity index (χ4v) is 3.36. The van der Waals surface area contributed by atoms with Crippen LogP contribution in [0.5, 0.6) is 0 Å². The second kappa shape index (κ2) is 8.77. The van der Waals surface area contributed by atoms with Crippen LogP contribution in [0.25, 0.3) is 6.08 Å². The lowest BCUT2D eigenvalue weighted by Crippen LogP contribution is -2.51. The highest BCUT2D eigenvalue weighted by molar-refractivity contribution is 5.91. The average molecular weight is 372 g/mol. The SMILES string of the molecule is O=C(/C=C/c1ccc([N+](=O)[O-])cc1)N1CCN(CC(=O)N2CCCC2)CC1. The molecule has 0 saturated carbocycles. The summed E-state index contributed by atoms with van der Waals surface area (Å²) in [7, 11) is 0. The van der Waals surface area contributed by atoms with Gasteiger partial charge in [-0.1, -0.05) is 0 Å². The molecule has 0 aromatic heterocycles. The first-order valence-corrected chi connectivity index (χ1v) is 9.24. The summed E-state index contributed by atoms with van der Waals surface area (Å²) < 4.78 is 0. The standard InChI is InChI=1S/C19H24N4O4/c24-18(8-5-16-3-6-17(7-4-16)23(26)27)22-13-11-20(12-14-22)15-19(25)21-9-1-2-10-21/h3-8H,1-2,9-15H2/b8-5+. The number of hydrogen-bond acceptors (Lipinski definition) is 5. The normalized spacial score (nSPS) is 18.2. The van der Waals surface area contributed by atoms with Crippen molar-refractivity contribution in [2.45, 2.75) is 12.8 Å². The Morgan fingerprint density at radius 3 is 2.19 bits per heavy atom. The molecule has 0 aliphatic carbocycles. The van der Waals surface area contributed by atoms with Gasteiger partial charge in [0.25, 0.3) is 5.69 Å². The fourth-order valence-electron chi connectivity index (χ4n) is 3.36. The summed E-state index contributed by atoms with van der Waals surface area (Å²) in [6, 6.07) is 6.06. The summed E-state index contributed by atoms with van der Waals surface area (Å²) in [5, 5.41) is 10.7. The zero-order chi connectivity index (χ0) is 19.2. The van der Waals surface area contributed by atoms with Crippen molar-refractivity contribution in [2.24, 2.45) is 0 Å². The summed E-state index contributed by atoms with van der Waals surface area (Å²) >= 11 is 0. The van der Waals surface area contributed by atoms with Gasteiger partial charge in [-0.05, 0) is 36.6 Å². The van der Waals surface area contributed by atoms with E-state index in [1.54, 1.807) is 23.1 Å². The number of benzene rings is 1. The van der Waals surface area contributed by atoms with Crippen LogP contribution in [0.15, 0.2) is 30.3 Å². The van der Waals surface area contributed by atoms with Crippen LogP contribution >= 0.6 is 0 Å². The van der Waals surface area contributed by atoms with Crippen molar-refractivity contribution in [1.82, 2.24) is 14.7 Å². The number of piperazine rings is 1. The largest absolute Gasteiger partial charge is 0.342 e. The first-order valence-electron chi connectivity index (χ1n) is 9.24. The topological polar surface area (TPSA) is 87.0 Å². The highest BCUT2D eigenvalue weighted by atomic mass is 16.6. The molecule has 2 amide bonds. The van der Waals surface area contributed by atoms with Gasteiger partial charge in [-0.3, -0.25) is 24.6 Å². The van der Waals surface area contributed by atoms with Crippen LogP contribution in [0, 0.1) is 10.1 Å². The van der Waals surface area contributed by atoms with E-state index in [0.29, 0.717) is 32.7 Å². The molecule has 144 valence electrons. The molecule has 3 rings (SSSR count). The molecule has 0 radical (unpaired) electrons. The second-order valence-corrected chi connectivity index (χ2v) is 6.87. The van der Waals surface area contributed by atoms with Crippen molar-refractivity contribution in [1.29, 1.82) is 0 Å². The Balaban J connectivity index is 1.45. The van der Waals surface area contributed by atoms with Crippen molar-refractivity contribution >= 4 is 23.6 Å². The van der Waals surface area contributed by atoms with Gasteiger partial charge in [0, 0.05) is 57.5 Å². The summed E-state index contributed by atoms with van der Waals surface area (Å²) in [6.45, 7) is 4.73. The molecule has 0 spiro atoms. The number of nitrogens with zero attached hydrogens (tertiary/aromatic N) is 4. The zero-order valence-electron chi connectivity index (χ0n) is 15.2. The minimum absolute atomic E-state index is 0.0260. The van der Waals surface area contributed by atoms with E-state index in [0.717, 1.165) is 31.5 Å². The highest BCUT2D eigenvalue weighted by Gasteiger charge is 2.24. The van der Waals surface area contributed by atoms with Crippen LogP contribution in [0.3, 0.4) is 0 Å². The van der Waals surface area contributed by atoms with Gasteiger partial charge in [-0.15, -0.1) is 0 Å². The van der Waals surface area contributed by atoms with Crippen LogP contribution in [-0.2, 0) is 9.59 Å². The summed E-state index contributed by atoms with van der Waals surface area (Å²) in [4.78, 5) is 40.5. The number of likely N-dealkylation sites (tertiary alicyclic amines) is 1. The highest BCUT2D eigenvalue weighted by Crippen LogP contribution is 2.13. The van der Waals surface area contributed by atoms with Crippen molar-refractivity contribution in [3.63, 3.8) is 0 Å². The van der Waals surface area contributed by atoms with Gasteiger partial charge in [0.2, 0.25) is 11.8 Å². The maximum Gasteiger partial charge on any atom is 0.269 e. The molecule has 8 nitrogen and oxygen atoms in total. The van der Waals surface area contributed by atoms with Crippen molar-refractivity contribution < 1.29 is 14.5 Å². The lowest BCUT2D eigenvalue weighted by molar-refractivity contribution is -0.384. The quantitative estimate of drug-likeness (QED) is 0.443. The third kappa shape index (κ3) is 5.13. The smallest absolute Gasteiger partial charge is 0.269 e. The van der Waals surface area contributed by atoms with Gasteiger partial charge in [-0.2, -0.15) is 0 Å². The van der Waals surface area contributed by atoms with Crippen LogP contribution < -0.4 is 0 Å². The number of nitro benzene ring substituents is 1.